The minimum Gasteiger partial charge on any atom is -0.290 e. The van der Waals surface area contributed by atoms with Crippen LogP contribution in [-0.2, 0) is 0 Å². The number of hydrogen-bond donors (Lipinski definition) is 2. The summed E-state index contributed by atoms with van der Waals surface area (Å²) in [5.74, 6) is 0.0550. The molecule has 3 nitrogen and oxygen atoms in total. The topological polar surface area (TPSA) is 27.3 Å². The highest BCUT2D eigenvalue weighted by molar-refractivity contribution is 4.80. The van der Waals surface area contributed by atoms with Crippen molar-refractivity contribution < 1.29 is 8.78 Å². The van der Waals surface area contributed by atoms with Crippen molar-refractivity contribution >= 4 is 0 Å². The Morgan fingerprint density at radius 2 is 2.13 bits per heavy atom. The number of alkyl halides is 2. The second-order valence-electron chi connectivity index (χ2n) is 4.48. The Labute approximate surface area is 89.2 Å². The molecule has 1 saturated heterocycles. The van der Waals surface area contributed by atoms with Crippen LogP contribution in [0.2, 0.25) is 0 Å². The molecule has 1 heterocycles. The summed E-state index contributed by atoms with van der Waals surface area (Å²) in [4.78, 5) is 0. The molecule has 1 aliphatic heterocycles. The molecular weight excluding hydrogens is 200 g/mol. The summed E-state index contributed by atoms with van der Waals surface area (Å²) in [6.45, 7) is 2.45. The van der Waals surface area contributed by atoms with Gasteiger partial charge in [0, 0.05) is 13.0 Å². The molecule has 3 atom stereocenters. The molecule has 2 aliphatic rings. The number of hydrogen-bond acceptors (Lipinski definition) is 3. The highest BCUT2D eigenvalue weighted by atomic mass is 19.1. The van der Waals surface area contributed by atoms with E-state index in [1.165, 1.54) is 0 Å². The Balaban J connectivity index is 1.69. The third kappa shape index (κ3) is 3.09. The standard InChI is InChI=1S/C10H19F2N3/c11-9-2-1-8(10(12)5-9)3-4-15-7-13-6-14-15/h8-10,13-14H,1-7H2. The summed E-state index contributed by atoms with van der Waals surface area (Å²) in [7, 11) is 0. The number of halogens is 2. The SMILES string of the molecule is FC1CCC(CCN2CNCN2)C(F)C1. The highest BCUT2D eigenvalue weighted by Gasteiger charge is 2.30. The Kier molecular flexibility index (Phi) is 3.88. The van der Waals surface area contributed by atoms with E-state index in [-0.39, 0.29) is 12.3 Å². The zero-order chi connectivity index (χ0) is 10.7. The third-order valence-corrected chi connectivity index (χ3v) is 3.34. The van der Waals surface area contributed by atoms with Gasteiger partial charge in [-0.2, -0.15) is 0 Å². The van der Waals surface area contributed by atoms with Crippen molar-refractivity contribution in [3.8, 4) is 0 Å². The smallest absolute Gasteiger partial charge is 0.106 e. The lowest BCUT2D eigenvalue weighted by atomic mass is 9.84. The first kappa shape index (κ1) is 11.2. The van der Waals surface area contributed by atoms with E-state index in [4.69, 9.17) is 0 Å². The van der Waals surface area contributed by atoms with Crippen molar-refractivity contribution in [1.29, 1.82) is 0 Å². The Hall–Kier alpha value is -0.260. The van der Waals surface area contributed by atoms with Gasteiger partial charge < -0.3 is 0 Å². The van der Waals surface area contributed by atoms with Crippen LogP contribution in [0.1, 0.15) is 25.7 Å². The van der Waals surface area contributed by atoms with Gasteiger partial charge in [-0.25, -0.2) is 19.2 Å². The van der Waals surface area contributed by atoms with Crippen LogP contribution in [0.3, 0.4) is 0 Å². The van der Waals surface area contributed by atoms with Gasteiger partial charge in [0.15, 0.2) is 0 Å². The molecule has 88 valence electrons. The van der Waals surface area contributed by atoms with Gasteiger partial charge in [0.05, 0.1) is 13.3 Å². The van der Waals surface area contributed by atoms with E-state index in [2.05, 4.69) is 10.7 Å². The van der Waals surface area contributed by atoms with Crippen LogP contribution in [-0.4, -0.2) is 37.2 Å². The molecule has 0 radical (unpaired) electrons. The van der Waals surface area contributed by atoms with Gasteiger partial charge in [-0.1, -0.05) is 0 Å². The lowest BCUT2D eigenvalue weighted by Crippen LogP contribution is -2.35. The molecule has 1 saturated carbocycles. The maximum absolute atomic E-state index is 13.5. The number of rotatable bonds is 3. The van der Waals surface area contributed by atoms with Crippen LogP contribution in [0.5, 0.6) is 0 Å². The van der Waals surface area contributed by atoms with Gasteiger partial charge in [0.25, 0.3) is 0 Å². The van der Waals surface area contributed by atoms with Crippen molar-refractivity contribution in [2.75, 3.05) is 19.9 Å². The molecule has 0 aromatic carbocycles. The number of nitrogens with zero attached hydrogens (tertiary/aromatic N) is 1. The Morgan fingerprint density at radius 3 is 2.80 bits per heavy atom. The lowest BCUT2D eigenvalue weighted by molar-refractivity contribution is 0.0861. The molecule has 2 N–H and O–H groups in total. The molecular formula is C10H19F2N3. The Bertz CT molecular complexity index is 197. The summed E-state index contributed by atoms with van der Waals surface area (Å²) >= 11 is 0. The molecule has 15 heavy (non-hydrogen) atoms. The molecule has 0 aromatic rings. The largest absolute Gasteiger partial charge is 0.290 e. The fourth-order valence-corrected chi connectivity index (χ4v) is 2.35. The first-order valence-corrected chi connectivity index (χ1v) is 5.73. The first-order chi connectivity index (χ1) is 7.25. The summed E-state index contributed by atoms with van der Waals surface area (Å²) in [6, 6.07) is 0. The van der Waals surface area contributed by atoms with Gasteiger partial charge in [0.1, 0.15) is 12.3 Å². The van der Waals surface area contributed by atoms with Gasteiger partial charge >= 0.3 is 0 Å². The molecule has 0 aromatic heterocycles. The van der Waals surface area contributed by atoms with Crippen molar-refractivity contribution in [2.24, 2.45) is 5.92 Å². The monoisotopic (exact) mass is 219 g/mol. The summed E-state index contributed by atoms with van der Waals surface area (Å²) in [5.41, 5.74) is 3.15. The average molecular weight is 219 g/mol. The van der Waals surface area contributed by atoms with E-state index < -0.39 is 12.3 Å². The van der Waals surface area contributed by atoms with Crippen LogP contribution < -0.4 is 10.7 Å². The highest BCUT2D eigenvalue weighted by Crippen LogP contribution is 2.31. The van der Waals surface area contributed by atoms with E-state index in [0.29, 0.717) is 12.8 Å². The third-order valence-electron chi connectivity index (χ3n) is 3.34. The van der Waals surface area contributed by atoms with Gasteiger partial charge in [-0.15, -0.1) is 0 Å². The second kappa shape index (κ2) is 5.18. The summed E-state index contributed by atoms with van der Waals surface area (Å²) in [6.07, 6.45) is 0.311. The van der Waals surface area contributed by atoms with Gasteiger partial charge in [-0.3, -0.25) is 5.32 Å². The van der Waals surface area contributed by atoms with Crippen LogP contribution in [0.15, 0.2) is 0 Å². The van der Waals surface area contributed by atoms with Crippen molar-refractivity contribution in [3.05, 3.63) is 0 Å². The summed E-state index contributed by atoms with van der Waals surface area (Å²) < 4.78 is 26.4. The molecule has 0 bridgehead atoms. The minimum atomic E-state index is -0.940. The lowest BCUT2D eigenvalue weighted by Gasteiger charge is -2.29. The van der Waals surface area contributed by atoms with Crippen LogP contribution in [0, 0.1) is 5.92 Å². The van der Waals surface area contributed by atoms with Gasteiger partial charge in [0.2, 0.25) is 0 Å². The van der Waals surface area contributed by atoms with E-state index >= 15 is 0 Å². The zero-order valence-electron chi connectivity index (χ0n) is 8.88. The van der Waals surface area contributed by atoms with Gasteiger partial charge in [-0.05, 0) is 25.2 Å². The zero-order valence-corrected chi connectivity index (χ0v) is 8.88. The maximum atomic E-state index is 13.5. The predicted octanol–water partition coefficient (Wildman–Crippen LogP) is 1.18. The maximum Gasteiger partial charge on any atom is 0.106 e. The predicted molar refractivity (Wildman–Crippen MR) is 54.5 cm³/mol. The Morgan fingerprint density at radius 1 is 1.27 bits per heavy atom. The quantitative estimate of drug-likeness (QED) is 0.746. The van der Waals surface area contributed by atoms with E-state index in [0.717, 1.165) is 26.3 Å². The minimum absolute atomic E-state index is 0.0550. The van der Waals surface area contributed by atoms with Crippen LogP contribution >= 0.6 is 0 Å². The molecule has 1 aliphatic carbocycles. The average Bonchev–Trinajstić information content (AvgIpc) is 2.69. The van der Waals surface area contributed by atoms with Crippen molar-refractivity contribution in [2.45, 2.75) is 38.0 Å². The van der Waals surface area contributed by atoms with E-state index in [1.807, 2.05) is 5.01 Å². The second-order valence-corrected chi connectivity index (χ2v) is 4.48. The van der Waals surface area contributed by atoms with Crippen LogP contribution in [0.4, 0.5) is 8.78 Å². The van der Waals surface area contributed by atoms with Crippen molar-refractivity contribution in [1.82, 2.24) is 15.8 Å². The fraction of sp³-hybridized carbons (Fsp3) is 1.00. The van der Waals surface area contributed by atoms with E-state index in [1.54, 1.807) is 0 Å². The number of hydrazine groups is 1. The fourth-order valence-electron chi connectivity index (χ4n) is 2.35. The van der Waals surface area contributed by atoms with E-state index in [9.17, 15) is 8.78 Å². The molecule has 2 rings (SSSR count). The molecule has 0 spiro atoms. The van der Waals surface area contributed by atoms with Crippen LogP contribution in [0.25, 0.3) is 0 Å². The molecule has 0 amide bonds. The van der Waals surface area contributed by atoms with Crippen molar-refractivity contribution in [3.63, 3.8) is 0 Å². The summed E-state index contributed by atoms with van der Waals surface area (Å²) in [5, 5.41) is 5.19. The first-order valence-electron chi connectivity index (χ1n) is 5.73. The molecule has 3 unspecified atom stereocenters. The molecule has 5 heteroatoms. The molecule has 2 fully saturated rings. The number of nitrogens with one attached hydrogen (secondary N) is 2. The normalized spacial score (nSPS) is 38.4.